The molecule has 1 unspecified atom stereocenters. The topological polar surface area (TPSA) is 43.1 Å². The van der Waals surface area contributed by atoms with Crippen LogP contribution in [0, 0.1) is 13.8 Å². The predicted octanol–water partition coefficient (Wildman–Crippen LogP) is 3.85. The first-order valence-corrected chi connectivity index (χ1v) is 7.66. The molecule has 0 aromatic heterocycles. The Kier molecular flexibility index (Phi) is 4.27. The summed E-state index contributed by atoms with van der Waals surface area (Å²) in [5.41, 5.74) is 9.35. The number of halogens is 1. The molecule has 0 radical (unpaired) electrons. The van der Waals surface area contributed by atoms with Crippen LogP contribution >= 0.6 is 11.6 Å². The van der Waals surface area contributed by atoms with Gasteiger partial charge in [0.1, 0.15) is 0 Å². The maximum Gasteiger partial charge on any atom is 0.0578 e. The van der Waals surface area contributed by atoms with Crippen molar-refractivity contribution in [1.29, 1.82) is 0 Å². The second-order valence-electron chi connectivity index (χ2n) is 4.61. The Morgan fingerprint density at radius 2 is 1.89 bits per heavy atom. The molecule has 4 heteroatoms. The van der Waals surface area contributed by atoms with Gasteiger partial charge in [0.25, 0.3) is 0 Å². The summed E-state index contributed by atoms with van der Waals surface area (Å²) in [5.74, 6) is 0.406. The number of nitrogen functional groups attached to an aromatic ring is 1. The second-order valence-corrected chi connectivity index (χ2v) is 6.44. The second kappa shape index (κ2) is 5.76. The first-order valence-electron chi connectivity index (χ1n) is 5.97. The molecule has 0 aliphatic rings. The van der Waals surface area contributed by atoms with Crippen molar-refractivity contribution in [2.24, 2.45) is 0 Å². The molecule has 0 saturated carbocycles. The molecule has 0 heterocycles. The fourth-order valence-corrected chi connectivity index (χ4v) is 3.62. The van der Waals surface area contributed by atoms with Crippen molar-refractivity contribution in [1.82, 2.24) is 0 Å². The minimum absolute atomic E-state index is 0.406. The Labute approximate surface area is 121 Å². The Morgan fingerprint density at radius 1 is 1.16 bits per heavy atom. The van der Waals surface area contributed by atoms with Gasteiger partial charge in [-0.1, -0.05) is 29.8 Å². The van der Waals surface area contributed by atoms with E-state index in [-0.39, 0.29) is 0 Å². The van der Waals surface area contributed by atoms with Gasteiger partial charge in [0, 0.05) is 15.6 Å². The smallest absolute Gasteiger partial charge is 0.0578 e. The van der Waals surface area contributed by atoms with Gasteiger partial charge in [0.2, 0.25) is 0 Å². The van der Waals surface area contributed by atoms with Crippen LogP contribution in [0.4, 0.5) is 5.69 Å². The molecule has 2 aromatic carbocycles. The summed E-state index contributed by atoms with van der Waals surface area (Å²) in [6, 6.07) is 11.3. The lowest BCUT2D eigenvalue weighted by Crippen LogP contribution is -2.01. The van der Waals surface area contributed by atoms with Crippen molar-refractivity contribution in [2.75, 3.05) is 5.73 Å². The normalized spacial score (nSPS) is 12.4. The van der Waals surface area contributed by atoms with E-state index in [1.165, 1.54) is 0 Å². The standard InChI is InChI=1S/C15H16ClNOS/c1-10-3-5-12(14(16)7-10)9-19(18)15-8-13(17)6-4-11(15)2/h3-8H,9,17H2,1-2H3. The third-order valence-corrected chi connectivity index (χ3v) is 4.81. The average molecular weight is 294 g/mol. The zero-order chi connectivity index (χ0) is 14.0. The number of hydrogen-bond donors (Lipinski definition) is 1. The molecule has 0 spiro atoms. The van der Waals surface area contributed by atoms with Gasteiger partial charge in [-0.15, -0.1) is 0 Å². The van der Waals surface area contributed by atoms with Crippen molar-refractivity contribution >= 4 is 28.1 Å². The van der Waals surface area contributed by atoms with E-state index in [2.05, 4.69) is 0 Å². The SMILES string of the molecule is Cc1ccc(CS(=O)c2cc(N)ccc2C)c(Cl)c1. The number of anilines is 1. The highest BCUT2D eigenvalue weighted by Crippen LogP contribution is 2.23. The van der Waals surface area contributed by atoms with E-state index < -0.39 is 10.8 Å². The zero-order valence-corrected chi connectivity index (χ0v) is 12.5. The van der Waals surface area contributed by atoms with Crippen LogP contribution in [0.15, 0.2) is 41.3 Å². The number of benzene rings is 2. The monoisotopic (exact) mass is 293 g/mol. The minimum Gasteiger partial charge on any atom is -0.399 e. The first kappa shape index (κ1) is 14.1. The lowest BCUT2D eigenvalue weighted by Gasteiger charge is -2.09. The van der Waals surface area contributed by atoms with Crippen molar-refractivity contribution in [3.63, 3.8) is 0 Å². The Morgan fingerprint density at radius 3 is 2.58 bits per heavy atom. The molecule has 0 saturated heterocycles. The van der Waals surface area contributed by atoms with Crippen LogP contribution in [-0.2, 0) is 16.6 Å². The molecule has 2 nitrogen and oxygen atoms in total. The molecule has 0 bridgehead atoms. The number of aryl methyl sites for hydroxylation is 2. The van der Waals surface area contributed by atoms with Crippen LogP contribution in [-0.4, -0.2) is 4.21 Å². The molecule has 19 heavy (non-hydrogen) atoms. The van der Waals surface area contributed by atoms with Crippen LogP contribution in [0.25, 0.3) is 0 Å². The molecule has 2 rings (SSSR count). The van der Waals surface area contributed by atoms with Gasteiger partial charge >= 0.3 is 0 Å². The third kappa shape index (κ3) is 3.37. The van der Waals surface area contributed by atoms with Crippen molar-refractivity contribution in [2.45, 2.75) is 24.5 Å². The van der Waals surface area contributed by atoms with Crippen LogP contribution < -0.4 is 5.73 Å². The first-order chi connectivity index (χ1) is 8.97. The largest absolute Gasteiger partial charge is 0.399 e. The van der Waals surface area contributed by atoms with Crippen molar-refractivity contribution in [3.05, 3.63) is 58.1 Å². The van der Waals surface area contributed by atoms with E-state index in [9.17, 15) is 4.21 Å². The lowest BCUT2D eigenvalue weighted by molar-refractivity contribution is 0.682. The summed E-state index contributed by atoms with van der Waals surface area (Å²) in [5, 5.41) is 0.662. The number of hydrogen-bond acceptors (Lipinski definition) is 2. The van der Waals surface area contributed by atoms with Gasteiger partial charge in [-0.3, -0.25) is 4.21 Å². The quantitative estimate of drug-likeness (QED) is 0.874. The van der Waals surface area contributed by atoms with Crippen LogP contribution in [0.2, 0.25) is 5.02 Å². The highest BCUT2D eigenvalue weighted by atomic mass is 35.5. The summed E-state index contributed by atoms with van der Waals surface area (Å²) < 4.78 is 12.4. The van der Waals surface area contributed by atoms with E-state index in [0.717, 1.165) is 21.6 Å². The van der Waals surface area contributed by atoms with Crippen molar-refractivity contribution in [3.8, 4) is 0 Å². The molecule has 0 amide bonds. The minimum atomic E-state index is -1.14. The average Bonchev–Trinajstić information content (AvgIpc) is 2.35. The highest BCUT2D eigenvalue weighted by molar-refractivity contribution is 7.84. The molecule has 2 aromatic rings. The maximum atomic E-state index is 12.4. The lowest BCUT2D eigenvalue weighted by atomic mass is 10.2. The molecular weight excluding hydrogens is 278 g/mol. The summed E-state index contributed by atoms with van der Waals surface area (Å²) in [7, 11) is -1.14. The van der Waals surface area contributed by atoms with Gasteiger partial charge in [-0.05, 0) is 48.7 Å². The fourth-order valence-electron chi connectivity index (χ4n) is 1.85. The summed E-state index contributed by atoms with van der Waals surface area (Å²) >= 11 is 6.17. The summed E-state index contributed by atoms with van der Waals surface area (Å²) in [6.07, 6.45) is 0. The number of nitrogens with two attached hydrogens (primary N) is 1. The predicted molar refractivity (Wildman–Crippen MR) is 81.9 cm³/mol. The van der Waals surface area contributed by atoms with Gasteiger partial charge in [-0.25, -0.2) is 0 Å². The molecule has 1 atom stereocenters. The van der Waals surface area contributed by atoms with Crippen LogP contribution in [0.1, 0.15) is 16.7 Å². The van der Waals surface area contributed by atoms with Crippen LogP contribution in [0.3, 0.4) is 0 Å². The van der Waals surface area contributed by atoms with Gasteiger partial charge < -0.3 is 5.73 Å². The third-order valence-electron chi connectivity index (χ3n) is 2.95. The Bertz CT molecular complexity index is 640. The molecule has 0 aliphatic carbocycles. The fraction of sp³-hybridized carbons (Fsp3) is 0.200. The molecule has 0 aliphatic heterocycles. The van der Waals surface area contributed by atoms with E-state index in [1.54, 1.807) is 6.07 Å². The van der Waals surface area contributed by atoms with Gasteiger partial charge in [0.15, 0.2) is 0 Å². The zero-order valence-electron chi connectivity index (χ0n) is 10.9. The molecule has 2 N–H and O–H groups in total. The summed E-state index contributed by atoms with van der Waals surface area (Å²) in [6.45, 7) is 3.91. The van der Waals surface area contributed by atoms with Gasteiger partial charge in [0.05, 0.1) is 16.6 Å². The van der Waals surface area contributed by atoms with E-state index >= 15 is 0 Å². The van der Waals surface area contributed by atoms with E-state index in [0.29, 0.717) is 16.5 Å². The summed E-state index contributed by atoms with van der Waals surface area (Å²) in [4.78, 5) is 0.775. The molecule has 0 fully saturated rings. The Balaban J connectivity index is 2.28. The maximum absolute atomic E-state index is 12.4. The van der Waals surface area contributed by atoms with Crippen molar-refractivity contribution < 1.29 is 4.21 Å². The number of rotatable bonds is 3. The van der Waals surface area contributed by atoms with E-state index in [4.69, 9.17) is 17.3 Å². The van der Waals surface area contributed by atoms with Crippen LogP contribution in [0.5, 0.6) is 0 Å². The molecular formula is C15H16ClNOS. The van der Waals surface area contributed by atoms with Gasteiger partial charge in [-0.2, -0.15) is 0 Å². The van der Waals surface area contributed by atoms with E-state index in [1.807, 2.05) is 44.2 Å². The molecule has 100 valence electrons. The highest BCUT2D eigenvalue weighted by Gasteiger charge is 2.11. The Hall–Kier alpha value is -1.32.